The molecule has 13 heavy (non-hydrogen) atoms. The van der Waals surface area contributed by atoms with Gasteiger partial charge in [-0.25, -0.2) is 0 Å². The van der Waals surface area contributed by atoms with Crippen LogP contribution in [0.1, 0.15) is 32.1 Å². The Kier molecular flexibility index (Phi) is 2.88. The van der Waals surface area contributed by atoms with E-state index in [0.717, 1.165) is 10.4 Å². The van der Waals surface area contributed by atoms with Crippen LogP contribution in [-0.4, -0.2) is 20.0 Å². The van der Waals surface area contributed by atoms with E-state index in [4.69, 9.17) is 0 Å². The van der Waals surface area contributed by atoms with Gasteiger partial charge in [-0.05, 0) is 12.8 Å². The summed E-state index contributed by atoms with van der Waals surface area (Å²) in [7, 11) is 2.01. The molecule has 1 aliphatic carbocycles. The van der Waals surface area contributed by atoms with Gasteiger partial charge in [0.1, 0.15) is 6.33 Å². The van der Waals surface area contributed by atoms with Crippen molar-refractivity contribution in [1.82, 2.24) is 14.8 Å². The lowest BCUT2D eigenvalue weighted by Gasteiger charge is -2.19. The lowest BCUT2D eigenvalue weighted by Crippen LogP contribution is -2.08. The Morgan fingerprint density at radius 1 is 1.38 bits per heavy atom. The second-order valence-electron chi connectivity index (χ2n) is 3.60. The van der Waals surface area contributed by atoms with Crippen LogP contribution in [0.3, 0.4) is 0 Å². The number of aromatic nitrogens is 3. The average molecular weight is 197 g/mol. The van der Waals surface area contributed by atoms with Crippen LogP contribution >= 0.6 is 11.8 Å². The van der Waals surface area contributed by atoms with E-state index in [1.165, 1.54) is 32.1 Å². The van der Waals surface area contributed by atoms with Crippen molar-refractivity contribution >= 4 is 11.8 Å². The van der Waals surface area contributed by atoms with E-state index in [2.05, 4.69) is 10.2 Å². The predicted molar refractivity (Wildman–Crippen MR) is 53.7 cm³/mol. The monoisotopic (exact) mass is 197 g/mol. The Morgan fingerprint density at radius 3 is 2.77 bits per heavy atom. The summed E-state index contributed by atoms with van der Waals surface area (Å²) in [5.41, 5.74) is 0. The lowest BCUT2D eigenvalue weighted by atomic mass is 10.0. The summed E-state index contributed by atoms with van der Waals surface area (Å²) >= 11 is 1.89. The first-order chi connectivity index (χ1) is 6.36. The summed E-state index contributed by atoms with van der Waals surface area (Å²) in [6.45, 7) is 0. The van der Waals surface area contributed by atoms with Gasteiger partial charge in [0.2, 0.25) is 0 Å². The molecule has 1 heterocycles. The minimum atomic E-state index is 0.775. The van der Waals surface area contributed by atoms with Crippen LogP contribution in [0.15, 0.2) is 11.5 Å². The first kappa shape index (κ1) is 9.06. The molecule has 1 aromatic heterocycles. The van der Waals surface area contributed by atoms with Gasteiger partial charge in [0.05, 0.1) is 0 Å². The molecule has 1 fully saturated rings. The third-order valence-corrected chi connectivity index (χ3v) is 3.88. The average Bonchev–Trinajstić information content (AvgIpc) is 2.54. The molecule has 0 amide bonds. The number of aryl methyl sites for hydroxylation is 1. The van der Waals surface area contributed by atoms with Crippen molar-refractivity contribution in [2.24, 2.45) is 7.05 Å². The fourth-order valence-corrected chi connectivity index (χ4v) is 2.89. The highest BCUT2D eigenvalue weighted by molar-refractivity contribution is 7.99. The maximum atomic E-state index is 4.09. The molecule has 0 aromatic carbocycles. The largest absolute Gasteiger partial charge is 0.312 e. The van der Waals surface area contributed by atoms with Gasteiger partial charge in [0.15, 0.2) is 5.16 Å². The van der Waals surface area contributed by atoms with Gasteiger partial charge in [0.25, 0.3) is 0 Å². The Labute approximate surface area is 82.9 Å². The lowest BCUT2D eigenvalue weighted by molar-refractivity contribution is 0.514. The molecule has 1 aromatic rings. The van der Waals surface area contributed by atoms with Crippen LogP contribution in [-0.2, 0) is 7.05 Å². The molecule has 0 bridgehead atoms. The third-order valence-electron chi connectivity index (χ3n) is 2.49. The highest BCUT2D eigenvalue weighted by atomic mass is 32.2. The molecule has 0 saturated heterocycles. The summed E-state index contributed by atoms with van der Waals surface area (Å²) in [4.78, 5) is 0. The molecule has 3 nitrogen and oxygen atoms in total. The summed E-state index contributed by atoms with van der Waals surface area (Å²) in [5, 5.41) is 9.80. The van der Waals surface area contributed by atoms with E-state index in [9.17, 15) is 0 Å². The molecular weight excluding hydrogens is 182 g/mol. The van der Waals surface area contributed by atoms with Gasteiger partial charge in [-0.15, -0.1) is 10.2 Å². The van der Waals surface area contributed by atoms with Crippen LogP contribution < -0.4 is 0 Å². The van der Waals surface area contributed by atoms with Crippen LogP contribution in [0.5, 0.6) is 0 Å². The molecule has 0 radical (unpaired) electrons. The van der Waals surface area contributed by atoms with E-state index in [1.54, 1.807) is 6.33 Å². The van der Waals surface area contributed by atoms with Crippen molar-refractivity contribution in [1.29, 1.82) is 0 Å². The maximum absolute atomic E-state index is 4.09. The normalized spacial score (nSPS) is 19.2. The molecule has 4 heteroatoms. The molecule has 1 aliphatic rings. The van der Waals surface area contributed by atoms with Gasteiger partial charge < -0.3 is 4.57 Å². The molecule has 0 spiro atoms. The molecular formula is C9H15N3S. The van der Waals surface area contributed by atoms with Gasteiger partial charge in [0, 0.05) is 12.3 Å². The van der Waals surface area contributed by atoms with Crippen molar-refractivity contribution in [3.05, 3.63) is 6.33 Å². The summed E-state index contributed by atoms with van der Waals surface area (Å²) in [6.07, 6.45) is 8.64. The minimum Gasteiger partial charge on any atom is -0.312 e. The van der Waals surface area contributed by atoms with E-state index in [1.807, 2.05) is 23.4 Å². The highest BCUT2D eigenvalue weighted by Crippen LogP contribution is 2.31. The molecule has 72 valence electrons. The zero-order valence-electron chi connectivity index (χ0n) is 7.94. The summed E-state index contributed by atoms with van der Waals surface area (Å²) < 4.78 is 2.00. The van der Waals surface area contributed by atoms with Crippen molar-refractivity contribution < 1.29 is 0 Å². The number of rotatable bonds is 2. The second-order valence-corrected chi connectivity index (χ2v) is 4.87. The zero-order chi connectivity index (χ0) is 9.10. The molecule has 0 N–H and O–H groups in total. The fourth-order valence-electron chi connectivity index (χ4n) is 1.71. The van der Waals surface area contributed by atoms with E-state index in [0.29, 0.717) is 0 Å². The number of hydrogen-bond acceptors (Lipinski definition) is 3. The van der Waals surface area contributed by atoms with Gasteiger partial charge in [-0.2, -0.15) is 0 Å². The van der Waals surface area contributed by atoms with Crippen molar-refractivity contribution in [2.75, 3.05) is 0 Å². The van der Waals surface area contributed by atoms with E-state index >= 15 is 0 Å². The SMILES string of the molecule is Cn1cnnc1SC1CCCCC1. The number of thioether (sulfide) groups is 1. The fraction of sp³-hybridized carbons (Fsp3) is 0.778. The Morgan fingerprint density at radius 2 is 2.15 bits per heavy atom. The molecule has 0 atom stereocenters. The van der Waals surface area contributed by atoms with Crippen molar-refractivity contribution in [2.45, 2.75) is 42.5 Å². The summed E-state index contributed by atoms with van der Waals surface area (Å²) in [6, 6.07) is 0. The number of hydrogen-bond donors (Lipinski definition) is 0. The van der Waals surface area contributed by atoms with Crippen LogP contribution in [0.4, 0.5) is 0 Å². The quantitative estimate of drug-likeness (QED) is 0.728. The first-order valence-electron chi connectivity index (χ1n) is 4.87. The predicted octanol–water partition coefficient (Wildman–Crippen LogP) is 2.24. The standard InChI is InChI=1S/C9H15N3S/c1-12-7-10-11-9(12)13-8-5-3-2-4-6-8/h7-8H,2-6H2,1H3. The van der Waals surface area contributed by atoms with Gasteiger partial charge in [-0.1, -0.05) is 31.0 Å². The second kappa shape index (κ2) is 4.13. The molecule has 1 saturated carbocycles. The van der Waals surface area contributed by atoms with Gasteiger partial charge >= 0.3 is 0 Å². The minimum absolute atomic E-state index is 0.775. The Bertz CT molecular complexity index is 266. The summed E-state index contributed by atoms with van der Waals surface area (Å²) in [5.74, 6) is 0. The van der Waals surface area contributed by atoms with E-state index in [-0.39, 0.29) is 0 Å². The Hall–Kier alpha value is -0.510. The molecule has 2 rings (SSSR count). The maximum Gasteiger partial charge on any atom is 0.191 e. The van der Waals surface area contributed by atoms with Crippen LogP contribution in [0.2, 0.25) is 0 Å². The van der Waals surface area contributed by atoms with Crippen molar-refractivity contribution in [3.8, 4) is 0 Å². The molecule has 0 unspecified atom stereocenters. The molecule has 0 aliphatic heterocycles. The first-order valence-corrected chi connectivity index (χ1v) is 5.75. The van der Waals surface area contributed by atoms with Crippen molar-refractivity contribution in [3.63, 3.8) is 0 Å². The van der Waals surface area contributed by atoms with Gasteiger partial charge in [-0.3, -0.25) is 0 Å². The zero-order valence-corrected chi connectivity index (χ0v) is 8.76. The van der Waals surface area contributed by atoms with Crippen LogP contribution in [0.25, 0.3) is 0 Å². The smallest absolute Gasteiger partial charge is 0.191 e. The highest BCUT2D eigenvalue weighted by Gasteiger charge is 2.16. The van der Waals surface area contributed by atoms with Crippen LogP contribution in [0, 0.1) is 0 Å². The number of nitrogens with zero attached hydrogens (tertiary/aromatic N) is 3. The van der Waals surface area contributed by atoms with E-state index < -0.39 is 0 Å². The third kappa shape index (κ3) is 2.24. The topological polar surface area (TPSA) is 30.7 Å². The Balaban J connectivity index is 1.93.